The van der Waals surface area contributed by atoms with Gasteiger partial charge in [0, 0.05) is 18.8 Å². The van der Waals surface area contributed by atoms with E-state index in [4.69, 9.17) is 14.5 Å². The Balaban J connectivity index is 1.63. The molecule has 1 unspecified atom stereocenters. The number of rotatable bonds is 5. The Morgan fingerprint density at radius 3 is 2.30 bits per heavy atom. The highest BCUT2D eigenvalue weighted by molar-refractivity contribution is 8.16. The molecule has 0 fully saturated rings. The third kappa shape index (κ3) is 4.09. The highest BCUT2D eigenvalue weighted by Gasteiger charge is 2.39. The largest absolute Gasteiger partial charge is 0.497 e. The van der Waals surface area contributed by atoms with Crippen molar-refractivity contribution in [2.24, 2.45) is 4.99 Å². The van der Waals surface area contributed by atoms with Gasteiger partial charge >= 0.3 is 0 Å². The molecular formula is C27H29N3O2S. The van der Waals surface area contributed by atoms with Gasteiger partial charge in [-0.3, -0.25) is 4.90 Å². The van der Waals surface area contributed by atoms with E-state index in [1.54, 1.807) is 26.0 Å². The first-order chi connectivity index (χ1) is 16.1. The minimum absolute atomic E-state index is 0.123. The van der Waals surface area contributed by atoms with Crippen molar-refractivity contribution in [3.8, 4) is 11.5 Å². The first-order valence-electron chi connectivity index (χ1n) is 11.3. The average Bonchev–Trinajstić information content (AvgIpc) is 3.23. The molecule has 0 radical (unpaired) electrons. The molecule has 6 heteroatoms. The topological polar surface area (TPSA) is 37.3 Å². The van der Waals surface area contributed by atoms with Gasteiger partial charge in [0.1, 0.15) is 11.5 Å². The molecule has 170 valence electrons. The van der Waals surface area contributed by atoms with Crippen molar-refractivity contribution in [3.05, 3.63) is 87.6 Å². The number of hydrogen-bond donors (Lipinski definition) is 0. The van der Waals surface area contributed by atoms with Crippen LogP contribution in [0.15, 0.2) is 81.5 Å². The van der Waals surface area contributed by atoms with Crippen LogP contribution in [-0.4, -0.2) is 48.8 Å². The van der Waals surface area contributed by atoms with Gasteiger partial charge in [-0.05, 0) is 71.5 Å². The van der Waals surface area contributed by atoms with Crippen molar-refractivity contribution in [2.75, 3.05) is 33.9 Å². The summed E-state index contributed by atoms with van der Waals surface area (Å²) in [7, 11) is 3.41. The average molecular weight is 460 g/mol. The van der Waals surface area contributed by atoms with Gasteiger partial charge in [-0.1, -0.05) is 43.0 Å². The minimum atomic E-state index is 0.123. The minimum Gasteiger partial charge on any atom is -0.497 e. The van der Waals surface area contributed by atoms with Gasteiger partial charge < -0.3 is 14.4 Å². The molecule has 1 atom stereocenters. The number of thioether (sulfide) groups is 1. The molecule has 0 N–H and O–H groups in total. The lowest BCUT2D eigenvalue weighted by Gasteiger charge is -2.42. The Labute approximate surface area is 200 Å². The lowest BCUT2D eigenvalue weighted by atomic mass is 9.88. The molecule has 0 saturated heterocycles. The SMILES string of the molecule is CCN1CC2=C(N=C3SC=C(C)N3C2c2ccc(OC)cc2)/C(=C/c2ccc(OC)cc2)C1. The van der Waals surface area contributed by atoms with Crippen molar-refractivity contribution in [2.45, 2.75) is 19.9 Å². The monoisotopic (exact) mass is 459 g/mol. The summed E-state index contributed by atoms with van der Waals surface area (Å²) in [5.41, 5.74) is 7.41. The van der Waals surface area contributed by atoms with E-state index in [9.17, 15) is 0 Å². The van der Waals surface area contributed by atoms with Gasteiger partial charge in [0.05, 0.1) is 26.0 Å². The van der Waals surface area contributed by atoms with E-state index in [-0.39, 0.29) is 6.04 Å². The van der Waals surface area contributed by atoms with Crippen LogP contribution >= 0.6 is 11.8 Å². The molecule has 3 aliphatic heterocycles. The lowest BCUT2D eigenvalue weighted by molar-refractivity contribution is 0.298. The number of methoxy groups -OCH3 is 2. The maximum Gasteiger partial charge on any atom is 0.173 e. The van der Waals surface area contributed by atoms with E-state index in [1.165, 1.54) is 22.4 Å². The number of fused-ring (bicyclic) bond motifs is 1. The summed E-state index contributed by atoms with van der Waals surface area (Å²) >= 11 is 1.71. The standard InChI is InChI=1S/C27H29N3O2S/c1-5-29-15-21(14-19-6-10-22(31-3)11-7-19)25-24(16-29)26(20-8-12-23(32-4)13-9-20)30-18(2)17-33-27(30)28-25/h6-14,17,26H,5,15-16H2,1-4H3/b21-14+. The summed E-state index contributed by atoms with van der Waals surface area (Å²) in [5, 5.41) is 3.26. The molecule has 0 aliphatic carbocycles. The van der Waals surface area contributed by atoms with Crippen molar-refractivity contribution in [1.29, 1.82) is 0 Å². The van der Waals surface area contributed by atoms with Gasteiger partial charge in [-0.15, -0.1) is 0 Å². The van der Waals surface area contributed by atoms with E-state index in [1.807, 2.05) is 12.1 Å². The molecule has 2 aromatic rings. The van der Waals surface area contributed by atoms with Crippen LogP contribution < -0.4 is 9.47 Å². The molecule has 3 aliphatic rings. The first kappa shape index (κ1) is 21.9. The van der Waals surface area contributed by atoms with Gasteiger partial charge in [0.2, 0.25) is 0 Å². The maximum absolute atomic E-state index is 5.41. The molecule has 0 saturated carbocycles. The lowest BCUT2D eigenvalue weighted by Crippen LogP contribution is -2.42. The van der Waals surface area contributed by atoms with Crippen LogP contribution in [0.5, 0.6) is 11.5 Å². The number of allylic oxidation sites excluding steroid dienone is 1. The summed E-state index contributed by atoms with van der Waals surface area (Å²) in [4.78, 5) is 10.1. The fourth-order valence-electron chi connectivity index (χ4n) is 4.68. The third-order valence-electron chi connectivity index (χ3n) is 6.45. The second-order valence-corrected chi connectivity index (χ2v) is 9.27. The molecule has 2 aromatic carbocycles. The van der Waals surface area contributed by atoms with Gasteiger partial charge in [-0.2, -0.15) is 0 Å². The molecule has 0 bridgehead atoms. The summed E-state index contributed by atoms with van der Waals surface area (Å²) in [5.74, 6) is 1.74. The van der Waals surface area contributed by atoms with Crippen molar-refractivity contribution >= 4 is 23.0 Å². The number of amidine groups is 1. The molecule has 5 rings (SSSR count). The summed E-state index contributed by atoms with van der Waals surface area (Å²) in [6.45, 7) is 7.20. The number of ether oxygens (including phenoxy) is 2. The maximum atomic E-state index is 5.41. The zero-order valence-corrected chi connectivity index (χ0v) is 20.4. The van der Waals surface area contributed by atoms with E-state index < -0.39 is 0 Å². The quantitative estimate of drug-likeness (QED) is 0.574. The van der Waals surface area contributed by atoms with E-state index in [2.05, 4.69) is 71.5 Å². The molecule has 0 amide bonds. The second kappa shape index (κ2) is 9.12. The van der Waals surface area contributed by atoms with Gasteiger partial charge in [0.15, 0.2) is 5.17 Å². The Bertz CT molecular complexity index is 1160. The number of aliphatic imine (C=N–C) groups is 1. The predicted octanol–water partition coefficient (Wildman–Crippen LogP) is 5.70. The number of likely N-dealkylation sites (N-methyl/N-ethyl adjacent to an activating group) is 1. The van der Waals surface area contributed by atoms with Crippen LogP contribution in [-0.2, 0) is 0 Å². The van der Waals surface area contributed by atoms with Gasteiger partial charge in [-0.25, -0.2) is 4.99 Å². The van der Waals surface area contributed by atoms with Crippen molar-refractivity contribution in [3.63, 3.8) is 0 Å². The van der Waals surface area contributed by atoms with Crippen LogP contribution in [0.25, 0.3) is 6.08 Å². The van der Waals surface area contributed by atoms with Crippen LogP contribution in [0.3, 0.4) is 0 Å². The molecular weight excluding hydrogens is 430 g/mol. The summed E-state index contributed by atoms with van der Waals surface area (Å²) in [6, 6.07) is 16.8. The van der Waals surface area contributed by atoms with Gasteiger partial charge in [0.25, 0.3) is 0 Å². The molecule has 5 nitrogen and oxygen atoms in total. The fraction of sp³-hybridized carbons (Fsp3) is 0.296. The first-order valence-corrected chi connectivity index (χ1v) is 12.1. The molecule has 0 spiro atoms. The Morgan fingerprint density at radius 1 is 1.00 bits per heavy atom. The Kier molecular flexibility index (Phi) is 6.04. The number of benzene rings is 2. The van der Waals surface area contributed by atoms with Crippen LogP contribution in [0.2, 0.25) is 0 Å². The molecule has 0 aromatic heterocycles. The molecule has 33 heavy (non-hydrogen) atoms. The van der Waals surface area contributed by atoms with E-state index in [0.717, 1.165) is 47.6 Å². The second-order valence-electron chi connectivity index (χ2n) is 8.44. The van der Waals surface area contributed by atoms with Crippen LogP contribution in [0.4, 0.5) is 0 Å². The third-order valence-corrected chi connectivity index (χ3v) is 7.41. The fourth-order valence-corrected chi connectivity index (χ4v) is 5.57. The van der Waals surface area contributed by atoms with Crippen molar-refractivity contribution in [1.82, 2.24) is 9.80 Å². The van der Waals surface area contributed by atoms with E-state index >= 15 is 0 Å². The zero-order valence-electron chi connectivity index (χ0n) is 19.5. The summed E-state index contributed by atoms with van der Waals surface area (Å²) in [6.07, 6.45) is 2.28. The highest BCUT2D eigenvalue weighted by atomic mass is 32.2. The van der Waals surface area contributed by atoms with Crippen LogP contribution in [0, 0.1) is 0 Å². The van der Waals surface area contributed by atoms with Crippen molar-refractivity contribution < 1.29 is 9.47 Å². The normalized spacial score (nSPS) is 21.5. The highest BCUT2D eigenvalue weighted by Crippen LogP contribution is 2.46. The predicted molar refractivity (Wildman–Crippen MR) is 136 cm³/mol. The summed E-state index contributed by atoms with van der Waals surface area (Å²) < 4.78 is 10.7. The number of hydrogen-bond acceptors (Lipinski definition) is 6. The Hall–Kier alpha value is -2.96. The zero-order chi connectivity index (χ0) is 22.9. The van der Waals surface area contributed by atoms with E-state index in [0.29, 0.717) is 0 Å². The molecule has 3 heterocycles. The smallest absolute Gasteiger partial charge is 0.173 e. The number of nitrogens with zero attached hydrogens (tertiary/aromatic N) is 3. The Morgan fingerprint density at radius 2 is 1.67 bits per heavy atom. The van der Waals surface area contributed by atoms with Crippen LogP contribution in [0.1, 0.15) is 31.0 Å².